The van der Waals surface area contributed by atoms with Crippen LogP contribution in [-0.2, 0) is 11.3 Å². The minimum absolute atomic E-state index is 0.0885. The highest BCUT2D eigenvalue weighted by molar-refractivity contribution is 5.76. The molecule has 3 rings (SSSR count). The number of rotatable bonds is 6. The van der Waals surface area contributed by atoms with Crippen molar-refractivity contribution in [3.05, 3.63) is 42.4 Å². The van der Waals surface area contributed by atoms with E-state index in [2.05, 4.69) is 15.6 Å². The summed E-state index contributed by atoms with van der Waals surface area (Å²) in [4.78, 5) is 16.3. The molecular formula is C18H23N3O2. The van der Waals surface area contributed by atoms with E-state index in [-0.39, 0.29) is 5.91 Å². The smallest absolute Gasteiger partial charge is 0.220 e. The molecule has 122 valence electrons. The number of benzene rings is 1. The first-order chi connectivity index (χ1) is 11.3. The van der Waals surface area contributed by atoms with Crippen molar-refractivity contribution >= 4 is 5.91 Å². The summed E-state index contributed by atoms with van der Waals surface area (Å²) < 4.78 is 5.47. The Morgan fingerprint density at radius 3 is 2.83 bits per heavy atom. The third kappa shape index (κ3) is 4.42. The van der Waals surface area contributed by atoms with Crippen molar-refractivity contribution in [1.82, 2.24) is 15.6 Å². The summed E-state index contributed by atoms with van der Waals surface area (Å²) in [6.07, 6.45) is 5.34. The zero-order chi connectivity index (χ0) is 15.9. The molecule has 1 aromatic heterocycles. The summed E-state index contributed by atoms with van der Waals surface area (Å²) in [6, 6.07) is 9.83. The first kappa shape index (κ1) is 15.7. The third-order valence-electron chi connectivity index (χ3n) is 4.37. The zero-order valence-electron chi connectivity index (χ0n) is 13.3. The first-order valence-corrected chi connectivity index (χ1v) is 8.28. The van der Waals surface area contributed by atoms with Crippen molar-refractivity contribution in [1.29, 1.82) is 0 Å². The van der Waals surface area contributed by atoms with Crippen LogP contribution in [0.4, 0.5) is 0 Å². The highest BCUT2D eigenvalue weighted by atomic mass is 16.3. The van der Waals surface area contributed by atoms with E-state index >= 15 is 0 Å². The number of carbonyl (C=O) groups is 1. The molecule has 0 unspecified atom stereocenters. The number of oxazole rings is 1. The Bertz CT molecular complexity index is 618. The van der Waals surface area contributed by atoms with Gasteiger partial charge in [0.25, 0.3) is 0 Å². The molecule has 1 saturated heterocycles. The van der Waals surface area contributed by atoms with Crippen molar-refractivity contribution < 1.29 is 9.21 Å². The van der Waals surface area contributed by atoms with Gasteiger partial charge >= 0.3 is 0 Å². The molecule has 5 nitrogen and oxygen atoms in total. The van der Waals surface area contributed by atoms with Crippen molar-refractivity contribution in [3.8, 4) is 11.3 Å². The van der Waals surface area contributed by atoms with Gasteiger partial charge in [0, 0.05) is 12.0 Å². The number of hydrogen-bond acceptors (Lipinski definition) is 4. The summed E-state index contributed by atoms with van der Waals surface area (Å²) in [6.45, 7) is 2.56. The average Bonchev–Trinajstić information content (AvgIpc) is 3.08. The highest BCUT2D eigenvalue weighted by Gasteiger charge is 2.15. The number of carbonyl (C=O) groups excluding carboxylic acids is 1. The molecule has 0 bridgehead atoms. The van der Waals surface area contributed by atoms with E-state index in [9.17, 15) is 4.79 Å². The Morgan fingerprint density at radius 2 is 2.04 bits per heavy atom. The SMILES string of the molecule is O=C(CCC1CCNCC1)NCc1ncoc1-c1ccccc1. The van der Waals surface area contributed by atoms with Gasteiger partial charge in [-0.3, -0.25) is 4.79 Å². The van der Waals surface area contributed by atoms with E-state index in [0.29, 0.717) is 18.9 Å². The summed E-state index contributed by atoms with van der Waals surface area (Å²) in [7, 11) is 0. The number of amides is 1. The van der Waals surface area contributed by atoms with E-state index in [1.807, 2.05) is 30.3 Å². The lowest BCUT2D eigenvalue weighted by molar-refractivity contribution is -0.121. The van der Waals surface area contributed by atoms with Crippen molar-refractivity contribution in [3.63, 3.8) is 0 Å². The van der Waals surface area contributed by atoms with Crippen molar-refractivity contribution in [2.24, 2.45) is 5.92 Å². The van der Waals surface area contributed by atoms with Crippen LogP contribution < -0.4 is 10.6 Å². The Labute approximate surface area is 136 Å². The fraction of sp³-hybridized carbons (Fsp3) is 0.444. The lowest BCUT2D eigenvalue weighted by Crippen LogP contribution is -2.29. The third-order valence-corrected chi connectivity index (χ3v) is 4.37. The van der Waals surface area contributed by atoms with Crippen molar-refractivity contribution in [2.75, 3.05) is 13.1 Å². The van der Waals surface area contributed by atoms with Gasteiger partial charge in [-0.2, -0.15) is 0 Å². The minimum Gasteiger partial charge on any atom is -0.443 e. The fourth-order valence-electron chi connectivity index (χ4n) is 3.00. The second-order valence-electron chi connectivity index (χ2n) is 6.00. The van der Waals surface area contributed by atoms with Gasteiger partial charge in [0.15, 0.2) is 12.2 Å². The quantitative estimate of drug-likeness (QED) is 0.860. The summed E-state index contributed by atoms with van der Waals surface area (Å²) in [5.41, 5.74) is 1.75. The van der Waals surface area contributed by atoms with E-state index in [1.165, 1.54) is 19.2 Å². The summed E-state index contributed by atoms with van der Waals surface area (Å²) in [5, 5.41) is 6.31. The van der Waals surface area contributed by atoms with Crippen molar-refractivity contribution in [2.45, 2.75) is 32.2 Å². The van der Waals surface area contributed by atoms with E-state index in [4.69, 9.17) is 4.42 Å². The maximum Gasteiger partial charge on any atom is 0.220 e. The van der Waals surface area contributed by atoms with Gasteiger partial charge < -0.3 is 15.1 Å². The van der Waals surface area contributed by atoms with Crippen LogP contribution in [0.2, 0.25) is 0 Å². The fourth-order valence-corrected chi connectivity index (χ4v) is 3.00. The molecule has 2 aromatic rings. The van der Waals surface area contributed by atoms with Gasteiger partial charge in [0.2, 0.25) is 5.91 Å². The van der Waals surface area contributed by atoms with Gasteiger partial charge in [-0.15, -0.1) is 0 Å². The number of hydrogen-bond donors (Lipinski definition) is 2. The highest BCUT2D eigenvalue weighted by Crippen LogP contribution is 2.22. The molecule has 2 heterocycles. The standard InChI is InChI=1S/C18H23N3O2/c22-17(7-6-14-8-10-19-11-9-14)20-12-16-18(23-13-21-16)15-4-2-1-3-5-15/h1-5,13-14,19H,6-12H2,(H,20,22). The van der Waals surface area contributed by atoms with Crippen LogP contribution in [0.5, 0.6) is 0 Å². The number of piperidine rings is 1. The predicted octanol–water partition coefficient (Wildman–Crippen LogP) is 2.74. The Balaban J connectivity index is 1.49. The molecule has 0 radical (unpaired) electrons. The molecule has 0 atom stereocenters. The van der Waals surface area contributed by atoms with E-state index < -0.39 is 0 Å². The Kier molecular flexibility index (Phi) is 5.42. The molecule has 1 aromatic carbocycles. The van der Waals surface area contributed by atoms with Gasteiger partial charge in [0.1, 0.15) is 5.69 Å². The molecule has 2 N–H and O–H groups in total. The van der Waals surface area contributed by atoms with Crippen LogP contribution in [0.15, 0.2) is 41.1 Å². The Morgan fingerprint density at radius 1 is 1.26 bits per heavy atom. The van der Waals surface area contributed by atoms with Gasteiger partial charge in [-0.25, -0.2) is 4.98 Å². The van der Waals surface area contributed by atoms with Gasteiger partial charge in [-0.1, -0.05) is 30.3 Å². The maximum atomic E-state index is 12.0. The van der Waals surface area contributed by atoms with Gasteiger partial charge in [-0.05, 0) is 38.3 Å². The average molecular weight is 313 g/mol. The topological polar surface area (TPSA) is 67.2 Å². The molecule has 0 spiro atoms. The molecule has 1 fully saturated rings. The monoisotopic (exact) mass is 313 g/mol. The molecular weight excluding hydrogens is 290 g/mol. The van der Waals surface area contributed by atoms with Gasteiger partial charge in [0.05, 0.1) is 6.54 Å². The molecule has 0 aliphatic carbocycles. The number of nitrogens with zero attached hydrogens (tertiary/aromatic N) is 1. The summed E-state index contributed by atoms with van der Waals surface area (Å²) >= 11 is 0. The van der Waals surface area contributed by atoms with E-state index in [0.717, 1.165) is 36.5 Å². The van der Waals surface area contributed by atoms with Crippen LogP contribution in [0.25, 0.3) is 11.3 Å². The molecule has 5 heteroatoms. The number of nitrogens with one attached hydrogen (secondary N) is 2. The van der Waals surface area contributed by atoms with Crippen LogP contribution in [-0.4, -0.2) is 24.0 Å². The van der Waals surface area contributed by atoms with Crippen LogP contribution in [0.3, 0.4) is 0 Å². The zero-order valence-corrected chi connectivity index (χ0v) is 13.3. The summed E-state index contributed by atoms with van der Waals surface area (Å²) in [5.74, 6) is 1.49. The van der Waals surface area contributed by atoms with E-state index in [1.54, 1.807) is 0 Å². The molecule has 1 amide bonds. The maximum absolute atomic E-state index is 12.0. The first-order valence-electron chi connectivity index (χ1n) is 8.28. The minimum atomic E-state index is 0.0885. The lowest BCUT2D eigenvalue weighted by Gasteiger charge is -2.22. The second-order valence-corrected chi connectivity index (χ2v) is 6.00. The molecule has 1 aliphatic rings. The second kappa shape index (κ2) is 7.92. The largest absolute Gasteiger partial charge is 0.443 e. The van der Waals surface area contributed by atoms with Crippen LogP contribution in [0.1, 0.15) is 31.4 Å². The Hall–Kier alpha value is -2.14. The van der Waals surface area contributed by atoms with Crippen LogP contribution >= 0.6 is 0 Å². The number of aromatic nitrogens is 1. The molecule has 1 aliphatic heterocycles. The normalized spacial score (nSPS) is 15.5. The molecule has 23 heavy (non-hydrogen) atoms. The lowest BCUT2D eigenvalue weighted by atomic mass is 9.93. The van der Waals surface area contributed by atoms with Crippen LogP contribution in [0, 0.1) is 5.92 Å². The molecule has 0 saturated carbocycles. The predicted molar refractivity (Wildman–Crippen MR) is 88.6 cm³/mol.